The lowest BCUT2D eigenvalue weighted by molar-refractivity contribution is -0.00494. The summed E-state index contributed by atoms with van der Waals surface area (Å²) in [6, 6.07) is 0. The zero-order valence-electron chi connectivity index (χ0n) is 13.5. The van der Waals surface area contributed by atoms with E-state index in [1.807, 2.05) is 0 Å². The number of epoxide rings is 1. The van der Waals surface area contributed by atoms with E-state index in [4.69, 9.17) is 4.74 Å². The Balaban J connectivity index is 1.27. The van der Waals surface area contributed by atoms with Crippen LogP contribution in [0.25, 0.3) is 0 Å². The van der Waals surface area contributed by atoms with Gasteiger partial charge in [-0.3, -0.25) is 0 Å². The number of aliphatic hydroxyl groups excluding tert-OH is 1. The van der Waals surface area contributed by atoms with Crippen LogP contribution in [-0.2, 0) is 4.74 Å². The van der Waals surface area contributed by atoms with Gasteiger partial charge in [-0.15, -0.1) is 0 Å². The average Bonchev–Trinajstić information content (AvgIpc) is 3.27. The van der Waals surface area contributed by atoms with Crippen molar-refractivity contribution in [2.24, 2.45) is 29.6 Å². The van der Waals surface area contributed by atoms with Crippen molar-refractivity contribution in [3.05, 3.63) is 0 Å². The maximum atomic E-state index is 10.6. The lowest BCUT2D eigenvalue weighted by atomic mass is 9.65. The molecule has 6 atom stereocenters. The molecule has 0 radical (unpaired) electrons. The maximum Gasteiger partial charge on any atom is 0.0873 e. The fourth-order valence-electron chi connectivity index (χ4n) is 5.64. The summed E-state index contributed by atoms with van der Waals surface area (Å²) in [5, 5.41) is 10.6. The zero-order valence-corrected chi connectivity index (χ0v) is 13.5. The predicted molar refractivity (Wildman–Crippen MR) is 84.0 cm³/mol. The summed E-state index contributed by atoms with van der Waals surface area (Å²) in [6.07, 6.45) is 14.4. The van der Waals surface area contributed by atoms with Gasteiger partial charge in [0.1, 0.15) is 0 Å². The predicted octanol–water partition coefficient (Wildman–Crippen LogP) is 4.16. The lowest BCUT2D eigenvalue weighted by Gasteiger charge is -2.41. The van der Waals surface area contributed by atoms with Crippen molar-refractivity contribution in [2.45, 2.75) is 89.4 Å². The molecule has 0 amide bonds. The minimum Gasteiger partial charge on any atom is -0.393 e. The van der Waals surface area contributed by atoms with E-state index in [2.05, 4.69) is 6.92 Å². The third-order valence-electron chi connectivity index (χ3n) is 7.22. The second-order valence-electron chi connectivity index (χ2n) is 8.64. The molecule has 120 valence electrons. The molecule has 4 aliphatic rings. The monoisotopic (exact) mass is 292 g/mol. The number of aliphatic hydroxyl groups is 1. The van der Waals surface area contributed by atoms with Gasteiger partial charge in [-0.05, 0) is 61.7 Å². The topological polar surface area (TPSA) is 32.8 Å². The summed E-state index contributed by atoms with van der Waals surface area (Å²) in [6.45, 7) is 2.40. The summed E-state index contributed by atoms with van der Waals surface area (Å²) in [5.74, 6) is 4.03. The van der Waals surface area contributed by atoms with E-state index >= 15 is 0 Å². The van der Waals surface area contributed by atoms with Crippen molar-refractivity contribution < 1.29 is 9.84 Å². The molecule has 1 heterocycles. The summed E-state index contributed by atoms with van der Waals surface area (Å²) in [5.41, 5.74) is 0. The highest BCUT2D eigenvalue weighted by Crippen LogP contribution is 2.51. The van der Waals surface area contributed by atoms with Crippen LogP contribution in [0, 0.1) is 29.6 Å². The second kappa shape index (κ2) is 5.85. The van der Waals surface area contributed by atoms with Gasteiger partial charge in [0.25, 0.3) is 0 Å². The van der Waals surface area contributed by atoms with Crippen LogP contribution in [0.2, 0.25) is 0 Å². The third kappa shape index (κ3) is 3.03. The van der Waals surface area contributed by atoms with Gasteiger partial charge in [-0.1, -0.05) is 39.0 Å². The molecule has 1 saturated heterocycles. The fraction of sp³-hybridized carbons (Fsp3) is 1.00. The largest absolute Gasteiger partial charge is 0.393 e. The highest BCUT2D eigenvalue weighted by atomic mass is 16.6. The number of fused-ring (bicyclic) bond motifs is 3. The van der Waals surface area contributed by atoms with Gasteiger partial charge in [0.05, 0.1) is 18.3 Å². The van der Waals surface area contributed by atoms with Gasteiger partial charge in [-0.25, -0.2) is 0 Å². The third-order valence-corrected chi connectivity index (χ3v) is 7.22. The SMILES string of the molecule is CC1CCC(CCC2CC3CCC4OC4C3CC2O)CC1. The molecule has 0 aromatic carbocycles. The Bertz CT molecular complexity index is 361. The first-order chi connectivity index (χ1) is 10.2. The van der Waals surface area contributed by atoms with E-state index in [-0.39, 0.29) is 6.10 Å². The molecule has 4 rings (SSSR count). The number of ether oxygens (including phenoxy) is 1. The highest BCUT2D eigenvalue weighted by molar-refractivity contribution is 5.02. The molecular weight excluding hydrogens is 260 g/mol. The van der Waals surface area contributed by atoms with Crippen LogP contribution < -0.4 is 0 Å². The smallest absolute Gasteiger partial charge is 0.0873 e. The fourth-order valence-corrected chi connectivity index (χ4v) is 5.64. The molecule has 4 fully saturated rings. The van der Waals surface area contributed by atoms with E-state index in [0.717, 1.165) is 24.2 Å². The Morgan fingerprint density at radius 1 is 0.952 bits per heavy atom. The van der Waals surface area contributed by atoms with Gasteiger partial charge in [0.15, 0.2) is 0 Å². The van der Waals surface area contributed by atoms with Gasteiger partial charge >= 0.3 is 0 Å². The zero-order chi connectivity index (χ0) is 14.4. The molecule has 21 heavy (non-hydrogen) atoms. The van der Waals surface area contributed by atoms with Crippen LogP contribution >= 0.6 is 0 Å². The molecule has 0 bridgehead atoms. The summed E-state index contributed by atoms with van der Waals surface area (Å²) < 4.78 is 5.78. The molecule has 1 N–H and O–H groups in total. The normalized spacial score (nSPS) is 52.9. The molecular formula is C19H32O2. The molecule has 1 aliphatic heterocycles. The van der Waals surface area contributed by atoms with E-state index < -0.39 is 0 Å². The molecule has 0 aromatic rings. The highest BCUT2D eigenvalue weighted by Gasteiger charge is 2.53. The second-order valence-corrected chi connectivity index (χ2v) is 8.64. The van der Waals surface area contributed by atoms with Crippen molar-refractivity contribution >= 4 is 0 Å². The van der Waals surface area contributed by atoms with E-state index in [9.17, 15) is 5.11 Å². The summed E-state index contributed by atoms with van der Waals surface area (Å²) in [4.78, 5) is 0. The van der Waals surface area contributed by atoms with Gasteiger partial charge < -0.3 is 9.84 Å². The number of hydrogen-bond acceptors (Lipinski definition) is 2. The molecule has 3 saturated carbocycles. The summed E-state index contributed by atoms with van der Waals surface area (Å²) in [7, 11) is 0. The average molecular weight is 292 g/mol. The standard InChI is InChI=1S/C19H32O2/c1-12-2-4-13(5-3-12)6-7-15-10-14-8-9-18-19(21-18)16(14)11-17(15)20/h12-20H,2-11H2,1H3. The first kappa shape index (κ1) is 14.5. The molecule has 0 aromatic heterocycles. The van der Waals surface area contributed by atoms with E-state index in [0.29, 0.717) is 24.0 Å². The molecule has 3 aliphatic carbocycles. The Morgan fingerprint density at radius 2 is 1.76 bits per heavy atom. The van der Waals surface area contributed by atoms with Crippen LogP contribution in [0.5, 0.6) is 0 Å². The number of rotatable bonds is 3. The van der Waals surface area contributed by atoms with Crippen molar-refractivity contribution in [1.29, 1.82) is 0 Å². The van der Waals surface area contributed by atoms with Gasteiger partial charge in [0, 0.05) is 0 Å². The first-order valence-corrected chi connectivity index (χ1v) is 9.54. The Morgan fingerprint density at radius 3 is 2.57 bits per heavy atom. The van der Waals surface area contributed by atoms with Crippen molar-refractivity contribution in [1.82, 2.24) is 0 Å². The van der Waals surface area contributed by atoms with Crippen LogP contribution in [0.1, 0.15) is 71.1 Å². The van der Waals surface area contributed by atoms with Gasteiger partial charge in [-0.2, -0.15) is 0 Å². The number of hydrogen-bond donors (Lipinski definition) is 1. The first-order valence-electron chi connectivity index (χ1n) is 9.54. The van der Waals surface area contributed by atoms with Crippen LogP contribution in [0.15, 0.2) is 0 Å². The van der Waals surface area contributed by atoms with Gasteiger partial charge in [0.2, 0.25) is 0 Å². The Kier molecular flexibility index (Phi) is 4.04. The van der Waals surface area contributed by atoms with Crippen molar-refractivity contribution in [2.75, 3.05) is 0 Å². The van der Waals surface area contributed by atoms with E-state index in [1.165, 1.54) is 57.8 Å². The molecule has 2 nitrogen and oxygen atoms in total. The van der Waals surface area contributed by atoms with Crippen LogP contribution in [0.3, 0.4) is 0 Å². The Labute approximate surface area is 129 Å². The van der Waals surface area contributed by atoms with E-state index in [1.54, 1.807) is 0 Å². The minimum atomic E-state index is -0.0447. The summed E-state index contributed by atoms with van der Waals surface area (Å²) >= 11 is 0. The quantitative estimate of drug-likeness (QED) is 0.792. The van der Waals surface area contributed by atoms with Crippen LogP contribution in [0.4, 0.5) is 0 Å². The maximum absolute atomic E-state index is 10.6. The molecule has 6 unspecified atom stereocenters. The lowest BCUT2D eigenvalue weighted by Crippen LogP contribution is -2.40. The van der Waals surface area contributed by atoms with Crippen LogP contribution in [-0.4, -0.2) is 23.4 Å². The van der Waals surface area contributed by atoms with Crippen molar-refractivity contribution in [3.8, 4) is 0 Å². The van der Waals surface area contributed by atoms with Crippen molar-refractivity contribution in [3.63, 3.8) is 0 Å². The molecule has 2 heteroatoms. The molecule has 0 spiro atoms. The Hall–Kier alpha value is -0.0800. The minimum absolute atomic E-state index is 0.0447.